The maximum atomic E-state index is 13.8. The van der Waals surface area contributed by atoms with Crippen molar-refractivity contribution in [2.75, 3.05) is 31.5 Å². The van der Waals surface area contributed by atoms with Crippen LogP contribution in [0.1, 0.15) is 49.3 Å². The lowest BCUT2D eigenvalue weighted by molar-refractivity contribution is -0.116. The van der Waals surface area contributed by atoms with Crippen molar-refractivity contribution >= 4 is 17.2 Å². The molecule has 6 nitrogen and oxygen atoms in total. The molecule has 0 spiro atoms. The summed E-state index contributed by atoms with van der Waals surface area (Å²) in [4.78, 5) is 13.8. The first-order valence-electron chi connectivity index (χ1n) is 12.4. The standard InChI is InChI=1S/C30H32N2O4/c1-4-15-36-21-11-9-19(10-12-21)30-29-26(31-24-7-5-6-8-25(24)32-30)16-20(17-27(29)33)23-18-22(34-2)13-14-28(23)35-3/h5-14,18,20,30-32H,4,15-17H2,1-3H3. The van der Waals surface area contributed by atoms with Crippen LogP contribution >= 0.6 is 0 Å². The smallest absolute Gasteiger partial charge is 0.163 e. The molecule has 6 heteroatoms. The van der Waals surface area contributed by atoms with Gasteiger partial charge in [0.1, 0.15) is 17.2 Å². The van der Waals surface area contributed by atoms with Crippen molar-refractivity contribution in [3.05, 3.63) is 89.1 Å². The number of carbonyl (C=O) groups is 1. The first kappa shape index (κ1) is 23.8. The fourth-order valence-electron chi connectivity index (χ4n) is 5.10. The van der Waals surface area contributed by atoms with Gasteiger partial charge in [0.05, 0.1) is 38.2 Å². The summed E-state index contributed by atoms with van der Waals surface area (Å²) in [6.07, 6.45) is 2.05. The largest absolute Gasteiger partial charge is 0.497 e. The third-order valence-electron chi connectivity index (χ3n) is 6.87. The number of para-hydroxylation sites is 2. The van der Waals surface area contributed by atoms with Crippen LogP contribution in [-0.2, 0) is 4.79 Å². The van der Waals surface area contributed by atoms with Gasteiger partial charge in [0.15, 0.2) is 5.78 Å². The van der Waals surface area contributed by atoms with E-state index >= 15 is 0 Å². The minimum Gasteiger partial charge on any atom is -0.497 e. The van der Waals surface area contributed by atoms with Crippen LogP contribution in [0, 0.1) is 0 Å². The minimum absolute atomic E-state index is 0.0236. The Morgan fingerprint density at radius 3 is 2.36 bits per heavy atom. The van der Waals surface area contributed by atoms with E-state index in [1.165, 1.54) is 0 Å². The number of ether oxygens (including phenoxy) is 3. The number of fused-ring (bicyclic) bond motifs is 1. The minimum atomic E-state index is -0.267. The number of Topliss-reactive ketones (excluding diaryl/α,β-unsaturated/α-hetero) is 1. The third kappa shape index (κ3) is 4.63. The Kier molecular flexibility index (Phi) is 6.85. The molecular weight excluding hydrogens is 452 g/mol. The summed E-state index contributed by atoms with van der Waals surface area (Å²) >= 11 is 0. The average molecular weight is 485 g/mol. The predicted molar refractivity (Wildman–Crippen MR) is 142 cm³/mol. The van der Waals surface area contributed by atoms with Crippen LogP contribution in [0.3, 0.4) is 0 Å². The lowest BCUT2D eigenvalue weighted by atomic mass is 9.78. The molecular formula is C30H32N2O4. The zero-order chi connectivity index (χ0) is 25.1. The fourth-order valence-corrected chi connectivity index (χ4v) is 5.10. The molecule has 0 amide bonds. The Morgan fingerprint density at radius 1 is 0.889 bits per heavy atom. The monoisotopic (exact) mass is 484 g/mol. The molecule has 36 heavy (non-hydrogen) atoms. The zero-order valence-electron chi connectivity index (χ0n) is 21.0. The van der Waals surface area contributed by atoms with Crippen molar-refractivity contribution in [3.63, 3.8) is 0 Å². The number of hydrogen-bond acceptors (Lipinski definition) is 6. The van der Waals surface area contributed by atoms with Crippen LogP contribution in [0.4, 0.5) is 11.4 Å². The molecule has 1 aliphatic carbocycles. The van der Waals surface area contributed by atoms with Crippen molar-refractivity contribution in [3.8, 4) is 17.2 Å². The van der Waals surface area contributed by atoms with Gasteiger partial charge in [0.2, 0.25) is 0 Å². The second-order valence-corrected chi connectivity index (χ2v) is 9.19. The van der Waals surface area contributed by atoms with E-state index in [9.17, 15) is 4.79 Å². The molecule has 3 aromatic carbocycles. The maximum absolute atomic E-state index is 13.8. The van der Waals surface area contributed by atoms with E-state index < -0.39 is 0 Å². The lowest BCUT2D eigenvalue weighted by Gasteiger charge is -2.30. The van der Waals surface area contributed by atoms with Crippen molar-refractivity contribution in [1.82, 2.24) is 0 Å². The van der Waals surface area contributed by atoms with E-state index in [0.717, 1.165) is 57.4 Å². The molecule has 2 N–H and O–H groups in total. The highest BCUT2D eigenvalue weighted by Gasteiger charge is 2.37. The van der Waals surface area contributed by atoms with Crippen LogP contribution in [0.5, 0.6) is 17.2 Å². The van der Waals surface area contributed by atoms with Gasteiger partial charge >= 0.3 is 0 Å². The van der Waals surface area contributed by atoms with Gasteiger partial charge in [-0.3, -0.25) is 4.79 Å². The summed E-state index contributed by atoms with van der Waals surface area (Å²) < 4.78 is 16.9. The van der Waals surface area contributed by atoms with E-state index in [1.54, 1.807) is 14.2 Å². The summed E-state index contributed by atoms with van der Waals surface area (Å²) in [5.41, 5.74) is 5.66. The number of carbonyl (C=O) groups excluding carboxylic acids is 1. The zero-order valence-corrected chi connectivity index (χ0v) is 21.0. The van der Waals surface area contributed by atoms with E-state index in [4.69, 9.17) is 14.2 Å². The second-order valence-electron chi connectivity index (χ2n) is 9.19. The highest BCUT2D eigenvalue weighted by Crippen LogP contribution is 2.46. The Morgan fingerprint density at radius 2 is 1.64 bits per heavy atom. The molecule has 0 bridgehead atoms. The molecule has 2 unspecified atom stereocenters. The second kappa shape index (κ2) is 10.4. The average Bonchev–Trinajstić information content (AvgIpc) is 3.08. The van der Waals surface area contributed by atoms with E-state index in [2.05, 4.69) is 17.6 Å². The molecule has 186 valence electrons. The highest BCUT2D eigenvalue weighted by molar-refractivity contribution is 6.01. The number of rotatable bonds is 7. The van der Waals surface area contributed by atoms with Crippen molar-refractivity contribution in [2.45, 2.75) is 38.1 Å². The first-order chi connectivity index (χ1) is 17.6. The molecule has 2 aliphatic rings. The Balaban J connectivity index is 1.55. The van der Waals surface area contributed by atoms with Crippen molar-refractivity contribution in [1.29, 1.82) is 0 Å². The van der Waals surface area contributed by atoms with E-state index in [0.29, 0.717) is 19.4 Å². The fraction of sp³-hybridized carbons (Fsp3) is 0.300. The first-order valence-corrected chi connectivity index (χ1v) is 12.4. The predicted octanol–water partition coefficient (Wildman–Crippen LogP) is 6.47. The van der Waals surface area contributed by atoms with Gasteiger partial charge in [0.25, 0.3) is 0 Å². The Hall–Kier alpha value is -3.93. The van der Waals surface area contributed by atoms with Gasteiger partial charge in [-0.2, -0.15) is 0 Å². The van der Waals surface area contributed by atoms with Gasteiger partial charge in [0, 0.05) is 29.2 Å². The van der Waals surface area contributed by atoms with Gasteiger partial charge in [-0.25, -0.2) is 0 Å². The molecule has 1 aliphatic heterocycles. The lowest BCUT2D eigenvalue weighted by Crippen LogP contribution is -2.27. The van der Waals surface area contributed by atoms with Crippen molar-refractivity contribution in [2.24, 2.45) is 0 Å². The number of methoxy groups -OCH3 is 2. The summed E-state index contributed by atoms with van der Waals surface area (Å²) in [6, 6.07) is 21.6. The summed E-state index contributed by atoms with van der Waals surface area (Å²) in [6.45, 7) is 2.77. The number of benzene rings is 3. The number of allylic oxidation sites excluding steroid dienone is 1. The van der Waals surface area contributed by atoms with Crippen LogP contribution in [-0.4, -0.2) is 26.6 Å². The number of ketones is 1. The molecule has 0 aromatic heterocycles. The SMILES string of the molecule is CCCOc1ccc(C2Nc3ccccc3NC3=C2C(=O)CC(c2cc(OC)ccc2OC)C3)cc1. The van der Waals surface area contributed by atoms with Crippen LogP contribution < -0.4 is 24.8 Å². The number of anilines is 2. The Labute approximate surface area is 212 Å². The van der Waals surface area contributed by atoms with Crippen LogP contribution in [0.2, 0.25) is 0 Å². The molecule has 0 saturated carbocycles. The quantitative estimate of drug-likeness (QED) is 0.400. The molecule has 3 aromatic rings. The third-order valence-corrected chi connectivity index (χ3v) is 6.87. The molecule has 0 saturated heterocycles. The van der Waals surface area contributed by atoms with Gasteiger partial charge in [-0.15, -0.1) is 0 Å². The molecule has 5 rings (SSSR count). The molecule has 0 radical (unpaired) electrons. The number of hydrogen-bond donors (Lipinski definition) is 2. The number of nitrogens with one attached hydrogen (secondary N) is 2. The van der Waals surface area contributed by atoms with Gasteiger partial charge in [-0.05, 0) is 60.9 Å². The normalized spacial score (nSPS) is 18.8. The molecule has 0 fully saturated rings. The van der Waals surface area contributed by atoms with Crippen LogP contribution in [0.25, 0.3) is 0 Å². The van der Waals surface area contributed by atoms with Crippen molar-refractivity contribution < 1.29 is 19.0 Å². The maximum Gasteiger partial charge on any atom is 0.163 e. The topological polar surface area (TPSA) is 68.8 Å². The highest BCUT2D eigenvalue weighted by atomic mass is 16.5. The Bertz CT molecular complexity index is 1280. The summed E-state index contributed by atoms with van der Waals surface area (Å²) in [5.74, 6) is 2.45. The van der Waals surface area contributed by atoms with Gasteiger partial charge < -0.3 is 24.8 Å². The van der Waals surface area contributed by atoms with Crippen LogP contribution in [0.15, 0.2) is 78.0 Å². The summed E-state index contributed by atoms with van der Waals surface area (Å²) in [7, 11) is 3.31. The molecule has 1 heterocycles. The molecule has 2 atom stereocenters. The van der Waals surface area contributed by atoms with E-state index in [1.807, 2.05) is 66.7 Å². The van der Waals surface area contributed by atoms with E-state index in [-0.39, 0.29) is 17.7 Å². The van der Waals surface area contributed by atoms with Gasteiger partial charge in [-0.1, -0.05) is 31.2 Å². The summed E-state index contributed by atoms with van der Waals surface area (Å²) in [5, 5.41) is 7.23.